The van der Waals surface area contributed by atoms with Crippen molar-refractivity contribution in [3.8, 4) is 0 Å². The third-order valence-electron chi connectivity index (χ3n) is 14.1. The Kier molecular flexibility index (Phi) is 6.66. The van der Waals surface area contributed by atoms with E-state index < -0.39 is 11.4 Å². The first-order valence-electron chi connectivity index (χ1n) is 15.4. The van der Waals surface area contributed by atoms with Gasteiger partial charge < -0.3 is 9.84 Å². The molecule has 5 saturated carbocycles. The van der Waals surface area contributed by atoms with Crippen LogP contribution in [-0.2, 0) is 9.53 Å². The summed E-state index contributed by atoms with van der Waals surface area (Å²) in [5.74, 6) is 1.99. The van der Waals surface area contributed by atoms with E-state index in [1.807, 2.05) is 0 Å². The topological polar surface area (TPSA) is 46.5 Å². The minimum atomic E-state index is -0.525. The summed E-state index contributed by atoms with van der Waals surface area (Å²) in [6.07, 6.45) is 15.8. The molecule has 10 atom stereocenters. The number of carboxylic acid groups (broad SMARTS) is 1. The van der Waals surface area contributed by atoms with Crippen LogP contribution in [-0.4, -0.2) is 23.8 Å². The Morgan fingerprint density at radius 2 is 1.65 bits per heavy atom. The third-order valence-corrected chi connectivity index (χ3v) is 14.1. The summed E-state index contributed by atoms with van der Waals surface area (Å²) >= 11 is 0. The molecule has 0 saturated heterocycles. The zero-order valence-electron chi connectivity index (χ0n) is 24.9. The van der Waals surface area contributed by atoms with Crippen LogP contribution >= 0.6 is 0 Å². The van der Waals surface area contributed by atoms with Gasteiger partial charge >= 0.3 is 5.97 Å². The number of rotatable bonds is 5. The van der Waals surface area contributed by atoms with Gasteiger partial charge in [-0.15, -0.1) is 0 Å². The SMILES string of the molecule is C=C(C)[C@@H]1CC[C@]2(C(=O)O)CC[C@]3(C)[C@H](CC[C@@H]4[C@@]5(C)CCC(OC/C=C/C)C(C)(C)[C@@H]5CC[C@]43C)[C@@H]12. The molecule has 0 spiro atoms. The lowest BCUT2D eigenvalue weighted by atomic mass is 9.32. The minimum Gasteiger partial charge on any atom is -0.481 e. The maximum atomic E-state index is 12.9. The Bertz CT molecular complexity index is 964. The maximum Gasteiger partial charge on any atom is 0.309 e. The lowest BCUT2D eigenvalue weighted by Crippen LogP contribution is -2.67. The highest BCUT2D eigenvalue weighted by Crippen LogP contribution is 2.77. The van der Waals surface area contributed by atoms with Crippen molar-refractivity contribution < 1.29 is 14.6 Å². The first-order valence-corrected chi connectivity index (χ1v) is 15.4. The van der Waals surface area contributed by atoms with E-state index in [1.165, 1.54) is 37.7 Å². The molecule has 208 valence electrons. The van der Waals surface area contributed by atoms with Crippen LogP contribution in [0.2, 0.25) is 0 Å². The van der Waals surface area contributed by atoms with Gasteiger partial charge in [0.1, 0.15) is 0 Å². The standard InChI is InChI=1S/C34H54O3/c1-9-10-21-37-27-15-16-31(6)25(30(27,4)5)14-17-33(8)26(31)12-11-24-28-23(22(2)3)13-18-34(28,29(35)36)20-19-32(24,33)7/h9-10,23-28H,2,11-21H2,1,3-8H3,(H,35,36)/b10-9+/t23-,24+,25-,26+,27?,28+,31-,32+,33+,34-/m0/s1. The molecule has 3 heteroatoms. The van der Waals surface area contributed by atoms with Crippen molar-refractivity contribution in [1.82, 2.24) is 0 Å². The molecule has 5 aliphatic rings. The number of ether oxygens (including phenoxy) is 1. The number of fused-ring (bicyclic) bond motifs is 7. The molecule has 1 N–H and O–H groups in total. The molecular weight excluding hydrogens is 456 g/mol. The van der Waals surface area contributed by atoms with Gasteiger partial charge in [0.05, 0.1) is 18.1 Å². The molecule has 0 bridgehead atoms. The van der Waals surface area contributed by atoms with Crippen LogP contribution in [0.1, 0.15) is 113 Å². The summed E-state index contributed by atoms with van der Waals surface area (Å²) in [6.45, 7) is 22.2. The third kappa shape index (κ3) is 3.57. The van der Waals surface area contributed by atoms with Crippen molar-refractivity contribution in [2.24, 2.45) is 56.7 Å². The highest BCUT2D eigenvalue weighted by Gasteiger charge is 2.72. The van der Waals surface area contributed by atoms with Gasteiger partial charge in [-0.1, -0.05) is 58.9 Å². The van der Waals surface area contributed by atoms with Crippen molar-refractivity contribution in [1.29, 1.82) is 0 Å². The van der Waals surface area contributed by atoms with Crippen molar-refractivity contribution >= 4 is 5.97 Å². The van der Waals surface area contributed by atoms with E-state index in [1.54, 1.807) is 0 Å². The molecular formula is C34H54O3. The van der Waals surface area contributed by atoms with E-state index in [2.05, 4.69) is 67.2 Å². The van der Waals surface area contributed by atoms with Crippen molar-refractivity contribution in [2.75, 3.05) is 6.61 Å². The van der Waals surface area contributed by atoms with Crippen LogP contribution in [0, 0.1) is 56.7 Å². The van der Waals surface area contributed by atoms with Crippen LogP contribution in [0.4, 0.5) is 0 Å². The largest absolute Gasteiger partial charge is 0.481 e. The second-order valence-corrected chi connectivity index (χ2v) is 15.4. The monoisotopic (exact) mass is 510 g/mol. The zero-order chi connectivity index (χ0) is 27.0. The van der Waals surface area contributed by atoms with E-state index in [4.69, 9.17) is 4.74 Å². The quantitative estimate of drug-likeness (QED) is 0.376. The minimum absolute atomic E-state index is 0.176. The van der Waals surface area contributed by atoms with Gasteiger partial charge in [0.15, 0.2) is 0 Å². The molecule has 0 amide bonds. The van der Waals surface area contributed by atoms with E-state index >= 15 is 0 Å². The summed E-state index contributed by atoms with van der Waals surface area (Å²) in [7, 11) is 0. The Morgan fingerprint density at radius 1 is 0.919 bits per heavy atom. The van der Waals surface area contributed by atoms with E-state index in [-0.39, 0.29) is 22.2 Å². The molecule has 0 aromatic heterocycles. The van der Waals surface area contributed by atoms with Gasteiger partial charge in [0, 0.05) is 0 Å². The number of hydrogen-bond donors (Lipinski definition) is 1. The number of hydrogen-bond acceptors (Lipinski definition) is 2. The number of aliphatic carboxylic acids is 1. The van der Waals surface area contributed by atoms with E-state index in [9.17, 15) is 9.90 Å². The number of allylic oxidation sites excluding steroid dienone is 2. The predicted molar refractivity (Wildman–Crippen MR) is 151 cm³/mol. The smallest absolute Gasteiger partial charge is 0.309 e. The van der Waals surface area contributed by atoms with Gasteiger partial charge in [0.25, 0.3) is 0 Å². The Balaban J connectivity index is 1.49. The molecule has 0 heterocycles. The second kappa shape index (κ2) is 8.97. The fraction of sp³-hybridized carbons (Fsp3) is 0.853. The lowest BCUT2D eigenvalue weighted by Gasteiger charge is -2.72. The summed E-state index contributed by atoms with van der Waals surface area (Å²) in [5, 5.41) is 10.6. The normalized spacial score (nSPS) is 50.6. The van der Waals surface area contributed by atoms with Gasteiger partial charge in [-0.05, 0) is 129 Å². The van der Waals surface area contributed by atoms with Crippen LogP contribution in [0.25, 0.3) is 0 Å². The van der Waals surface area contributed by atoms with Gasteiger partial charge in [-0.2, -0.15) is 0 Å². The molecule has 1 unspecified atom stereocenters. The summed E-state index contributed by atoms with van der Waals surface area (Å²) in [4.78, 5) is 12.9. The zero-order valence-corrected chi connectivity index (χ0v) is 24.9. The Hall–Kier alpha value is -1.09. The summed E-state index contributed by atoms with van der Waals surface area (Å²) in [6, 6.07) is 0. The average molecular weight is 511 g/mol. The van der Waals surface area contributed by atoms with Gasteiger partial charge in [-0.25, -0.2) is 0 Å². The van der Waals surface area contributed by atoms with Gasteiger partial charge in [0.2, 0.25) is 0 Å². The second-order valence-electron chi connectivity index (χ2n) is 15.4. The highest BCUT2D eigenvalue weighted by atomic mass is 16.5. The Labute approximate surface area is 226 Å². The number of carbonyl (C=O) groups is 1. The van der Waals surface area contributed by atoms with Crippen LogP contribution in [0.5, 0.6) is 0 Å². The molecule has 5 fully saturated rings. The molecule has 3 nitrogen and oxygen atoms in total. The molecule has 5 aliphatic carbocycles. The van der Waals surface area contributed by atoms with Crippen LogP contribution < -0.4 is 0 Å². The summed E-state index contributed by atoms with van der Waals surface area (Å²) < 4.78 is 6.46. The fourth-order valence-electron chi connectivity index (χ4n) is 12.1. The van der Waals surface area contributed by atoms with E-state index in [0.717, 1.165) is 38.7 Å². The lowest BCUT2D eigenvalue weighted by molar-refractivity contribution is -0.251. The molecule has 0 aromatic rings. The molecule has 0 radical (unpaired) electrons. The molecule has 37 heavy (non-hydrogen) atoms. The van der Waals surface area contributed by atoms with Crippen LogP contribution in [0.15, 0.2) is 24.3 Å². The first kappa shape index (κ1) is 27.5. The van der Waals surface area contributed by atoms with Crippen molar-refractivity contribution in [2.45, 2.75) is 119 Å². The first-order chi connectivity index (χ1) is 17.3. The average Bonchev–Trinajstić information content (AvgIpc) is 3.22. The van der Waals surface area contributed by atoms with Crippen LogP contribution in [0.3, 0.4) is 0 Å². The van der Waals surface area contributed by atoms with Crippen molar-refractivity contribution in [3.63, 3.8) is 0 Å². The Morgan fingerprint density at radius 3 is 2.30 bits per heavy atom. The fourth-order valence-corrected chi connectivity index (χ4v) is 12.1. The molecule has 0 aliphatic heterocycles. The maximum absolute atomic E-state index is 12.9. The summed E-state index contributed by atoms with van der Waals surface area (Å²) in [5.41, 5.74) is 1.67. The van der Waals surface area contributed by atoms with Crippen molar-refractivity contribution in [3.05, 3.63) is 24.3 Å². The molecule has 5 rings (SSSR count). The van der Waals surface area contributed by atoms with E-state index in [0.29, 0.717) is 35.2 Å². The van der Waals surface area contributed by atoms with Gasteiger partial charge in [-0.3, -0.25) is 4.79 Å². The molecule has 0 aromatic carbocycles. The highest BCUT2D eigenvalue weighted by molar-refractivity contribution is 5.76. The predicted octanol–water partition coefficient (Wildman–Crippen LogP) is 8.69. The number of carboxylic acids is 1.